The first-order chi connectivity index (χ1) is 13.9. The molecule has 1 aromatic carbocycles. The van der Waals surface area contributed by atoms with Crippen molar-refractivity contribution in [3.05, 3.63) is 48.4 Å². The van der Waals surface area contributed by atoms with Gasteiger partial charge in [0.25, 0.3) is 6.08 Å². The summed E-state index contributed by atoms with van der Waals surface area (Å²) in [5.74, 6) is -0.381. The van der Waals surface area contributed by atoms with Crippen LogP contribution >= 0.6 is 0 Å². The van der Waals surface area contributed by atoms with Gasteiger partial charge in [0, 0.05) is 17.8 Å². The molecule has 8 heteroatoms. The van der Waals surface area contributed by atoms with Crippen LogP contribution in [0, 0.1) is 11.9 Å². The zero-order valence-corrected chi connectivity index (χ0v) is 16.3. The van der Waals surface area contributed by atoms with E-state index in [0.717, 1.165) is 0 Å². The molecule has 152 valence electrons. The summed E-state index contributed by atoms with van der Waals surface area (Å²) >= 11 is 0. The monoisotopic (exact) mass is 400 g/mol. The van der Waals surface area contributed by atoms with Crippen LogP contribution in [0.5, 0.6) is 6.01 Å². The van der Waals surface area contributed by atoms with Crippen LogP contribution < -0.4 is 4.74 Å². The summed E-state index contributed by atoms with van der Waals surface area (Å²) in [5, 5.41) is 10.3. The lowest BCUT2D eigenvalue weighted by Crippen LogP contribution is -2.32. The van der Waals surface area contributed by atoms with Gasteiger partial charge >= 0.3 is 6.01 Å². The average molecular weight is 400 g/mol. The standard InChI is InChI=1S/C21H22F2N4O2/c1-21(28)10-7-15(8-11-21)27-18(16-9-12-24-20(25-16)29-2)17(26-19(27)23)13-3-5-14(22)6-4-13/h3-6,9,12,15,28H,7-8,10-11H2,1-2H3. The maximum Gasteiger partial charge on any atom is 0.316 e. The molecule has 3 aromatic rings. The molecule has 0 aliphatic heterocycles. The van der Waals surface area contributed by atoms with Crippen LogP contribution in [0.25, 0.3) is 22.6 Å². The minimum Gasteiger partial charge on any atom is -0.467 e. The molecule has 0 atom stereocenters. The van der Waals surface area contributed by atoms with Crippen LogP contribution in [0.3, 0.4) is 0 Å². The summed E-state index contributed by atoms with van der Waals surface area (Å²) in [6.07, 6.45) is 3.25. The third-order valence-electron chi connectivity index (χ3n) is 5.44. The van der Waals surface area contributed by atoms with Crippen molar-refractivity contribution in [2.24, 2.45) is 0 Å². The molecule has 0 spiro atoms. The van der Waals surface area contributed by atoms with Gasteiger partial charge in [0.2, 0.25) is 0 Å². The van der Waals surface area contributed by atoms with Gasteiger partial charge in [-0.2, -0.15) is 9.37 Å². The normalized spacial score (nSPS) is 21.9. The number of ether oxygens (including phenoxy) is 1. The Labute approximate surface area is 167 Å². The minimum absolute atomic E-state index is 0.160. The number of aliphatic hydroxyl groups is 1. The molecule has 1 saturated carbocycles. The number of benzene rings is 1. The Morgan fingerprint density at radius 3 is 2.45 bits per heavy atom. The molecule has 0 amide bonds. The molecule has 0 bridgehead atoms. The lowest BCUT2D eigenvalue weighted by Gasteiger charge is -2.34. The fraction of sp³-hybridized carbons (Fsp3) is 0.381. The number of methoxy groups -OCH3 is 1. The Kier molecular flexibility index (Phi) is 5.04. The molecule has 6 nitrogen and oxygen atoms in total. The predicted molar refractivity (Wildman–Crippen MR) is 103 cm³/mol. The first-order valence-electron chi connectivity index (χ1n) is 9.51. The number of aromatic nitrogens is 4. The molecule has 4 rings (SSSR count). The van der Waals surface area contributed by atoms with Crippen molar-refractivity contribution in [2.45, 2.75) is 44.2 Å². The largest absolute Gasteiger partial charge is 0.467 e. The average Bonchev–Trinajstić information content (AvgIpc) is 3.06. The van der Waals surface area contributed by atoms with Crippen molar-refractivity contribution < 1.29 is 18.6 Å². The number of rotatable bonds is 4. The first kappa shape index (κ1) is 19.4. The molecule has 1 aliphatic carbocycles. The topological polar surface area (TPSA) is 73.1 Å². The fourth-order valence-electron chi connectivity index (χ4n) is 3.85. The Morgan fingerprint density at radius 2 is 1.79 bits per heavy atom. The zero-order chi connectivity index (χ0) is 20.6. The molecule has 0 saturated heterocycles. The molecule has 2 aromatic heterocycles. The highest BCUT2D eigenvalue weighted by Crippen LogP contribution is 2.40. The molecular formula is C21H22F2N4O2. The quantitative estimate of drug-likeness (QED) is 0.712. The second kappa shape index (κ2) is 7.51. The van der Waals surface area contributed by atoms with E-state index in [1.54, 1.807) is 25.1 Å². The highest BCUT2D eigenvalue weighted by molar-refractivity contribution is 5.77. The van der Waals surface area contributed by atoms with E-state index in [-0.39, 0.29) is 17.9 Å². The van der Waals surface area contributed by atoms with E-state index in [9.17, 15) is 9.50 Å². The molecule has 2 heterocycles. The minimum atomic E-state index is -0.744. The third kappa shape index (κ3) is 3.85. The predicted octanol–water partition coefficient (Wildman–Crippen LogP) is 4.16. The van der Waals surface area contributed by atoms with E-state index in [4.69, 9.17) is 4.74 Å². The summed E-state index contributed by atoms with van der Waals surface area (Å²) in [5.41, 5.74) is 1.16. The van der Waals surface area contributed by atoms with Crippen molar-refractivity contribution in [3.8, 4) is 28.7 Å². The van der Waals surface area contributed by atoms with E-state index in [1.807, 2.05) is 0 Å². The van der Waals surface area contributed by atoms with E-state index < -0.39 is 11.7 Å². The molecule has 1 aliphatic rings. The van der Waals surface area contributed by atoms with Gasteiger partial charge in [0.05, 0.1) is 24.1 Å². The summed E-state index contributed by atoms with van der Waals surface area (Å²) in [6.45, 7) is 1.80. The number of hydrogen-bond acceptors (Lipinski definition) is 5. The summed E-state index contributed by atoms with van der Waals surface area (Å²) in [4.78, 5) is 12.6. The smallest absolute Gasteiger partial charge is 0.316 e. The van der Waals surface area contributed by atoms with Crippen molar-refractivity contribution in [1.29, 1.82) is 0 Å². The van der Waals surface area contributed by atoms with Crippen molar-refractivity contribution in [2.75, 3.05) is 7.11 Å². The van der Waals surface area contributed by atoms with Crippen LogP contribution in [0.15, 0.2) is 36.5 Å². The van der Waals surface area contributed by atoms with Crippen LogP contribution in [0.2, 0.25) is 0 Å². The third-order valence-corrected chi connectivity index (χ3v) is 5.44. The van der Waals surface area contributed by atoms with E-state index in [1.165, 1.54) is 30.0 Å². The van der Waals surface area contributed by atoms with Gasteiger partial charge in [-0.15, -0.1) is 0 Å². The van der Waals surface area contributed by atoms with Gasteiger partial charge in [0.1, 0.15) is 11.5 Å². The molecule has 1 fully saturated rings. The number of hydrogen-bond donors (Lipinski definition) is 1. The molecular weight excluding hydrogens is 378 g/mol. The Bertz CT molecular complexity index is 1010. The SMILES string of the molecule is COc1nccc(-c2c(-c3ccc(F)cc3)nc(F)n2C2CCC(C)(O)CC2)n1. The first-order valence-corrected chi connectivity index (χ1v) is 9.51. The lowest BCUT2D eigenvalue weighted by atomic mass is 9.83. The highest BCUT2D eigenvalue weighted by atomic mass is 19.1. The van der Waals surface area contributed by atoms with E-state index in [0.29, 0.717) is 48.3 Å². The Balaban J connectivity index is 1.87. The molecule has 0 radical (unpaired) electrons. The van der Waals surface area contributed by atoms with Crippen molar-refractivity contribution >= 4 is 0 Å². The summed E-state index contributed by atoms with van der Waals surface area (Å²) < 4.78 is 35.2. The second-order valence-corrected chi connectivity index (χ2v) is 7.61. The van der Waals surface area contributed by atoms with Gasteiger partial charge in [0.15, 0.2) is 0 Å². The summed E-state index contributed by atoms with van der Waals surface area (Å²) in [6, 6.07) is 7.41. The number of imidazole rings is 1. The van der Waals surface area contributed by atoms with Gasteiger partial charge in [-0.05, 0) is 62.9 Å². The Morgan fingerprint density at radius 1 is 1.10 bits per heavy atom. The molecule has 1 N–H and O–H groups in total. The maximum atomic E-state index is 15.1. The fourth-order valence-corrected chi connectivity index (χ4v) is 3.85. The van der Waals surface area contributed by atoms with Crippen LogP contribution in [0.1, 0.15) is 38.6 Å². The van der Waals surface area contributed by atoms with Gasteiger partial charge < -0.3 is 9.84 Å². The summed E-state index contributed by atoms with van der Waals surface area (Å²) in [7, 11) is 1.46. The highest BCUT2D eigenvalue weighted by Gasteiger charge is 2.33. The van der Waals surface area contributed by atoms with Crippen LogP contribution in [-0.2, 0) is 0 Å². The van der Waals surface area contributed by atoms with Crippen LogP contribution in [-0.4, -0.2) is 37.3 Å². The zero-order valence-electron chi connectivity index (χ0n) is 16.3. The van der Waals surface area contributed by atoms with Crippen molar-refractivity contribution in [3.63, 3.8) is 0 Å². The number of halogens is 2. The maximum absolute atomic E-state index is 15.1. The lowest BCUT2D eigenvalue weighted by molar-refractivity contribution is 0.00878. The molecule has 0 unspecified atom stereocenters. The van der Waals surface area contributed by atoms with Crippen LogP contribution in [0.4, 0.5) is 8.78 Å². The second-order valence-electron chi connectivity index (χ2n) is 7.61. The van der Waals surface area contributed by atoms with Gasteiger partial charge in [-0.1, -0.05) is 0 Å². The number of nitrogens with zero attached hydrogens (tertiary/aromatic N) is 4. The van der Waals surface area contributed by atoms with Gasteiger partial charge in [-0.3, -0.25) is 4.57 Å². The van der Waals surface area contributed by atoms with Crippen molar-refractivity contribution in [1.82, 2.24) is 19.5 Å². The Hall–Kier alpha value is -2.87. The molecule has 29 heavy (non-hydrogen) atoms. The van der Waals surface area contributed by atoms with E-state index >= 15 is 4.39 Å². The van der Waals surface area contributed by atoms with Gasteiger partial charge in [-0.25, -0.2) is 14.4 Å². The van der Waals surface area contributed by atoms with E-state index in [2.05, 4.69) is 15.0 Å².